The second-order valence-corrected chi connectivity index (χ2v) is 5.88. The van der Waals surface area contributed by atoms with E-state index < -0.39 is 5.97 Å². The molecule has 2 rings (SSSR count). The molecule has 1 aliphatic carbocycles. The molecule has 3 N–H and O–H groups in total. The Hall–Kier alpha value is -2.04. The summed E-state index contributed by atoms with van der Waals surface area (Å²) >= 11 is 0. The highest BCUT2D eigenvalue weighted by molar-refractivity contribution is 5.76. The third-order valence-electron chi connectivity index (χ3n) is 3.92. The van der Waals surface area contributed by atoms with E-state index in [1.54, 1.807) is 0 Å². The summed E-state index contributed by atoms with van der Waals surface area (Å²) in [7, 11) is 0. The Labute approximate surface area is 124 Å². The lowest BCUT2D eigenvalue weighted by Gasteiger charge is -2.31. The molecule has 0 aliphatic heterocycles. The molecule has 1 atom stereocenters. The Morgan fingerprint density at radius 1 is 1.29 bits per heavy atom. The molecule has 2 amide bonds. The lowest BCUT2D eigenvalue weighted by molar-refractivity contribution is -0.136. The molecule has 1 aliphatic rings. The van der Waals surface area contributed by atoms with Gasteiger partial charge in [-0.25, -0.2) is 4.79 Å². The van der Waals surface area contributed by atoms with E-state index in [1.807, 2.05) is 18.2 Å². The monoisotopic (exact) mass is 290 g/mol. The van der Waals surface area contributed by atoms with E-state index in [-0.39, 0.29) is 24.5 Å². The van der Waals surface area contributed by atoms with Crippen LogP contribution in [0.5, 0.6) is 0 Å². The number of hydrogen-bond donors (Lipinski definition) is 3. The molecular weight excluding hydrogens is 268 g/mol. The van der Waals surface area contributed by atoms with Gasteiger partial charge in [0.1, 0.15) is 0 Å². The first kappa shape index (κ1) is 15.4. The molecule has 0 aromatic heterocycles. The summed E-state index contributed by atoms with van der Waals surface area (Å²) in [6.07, 6.45) is 2.97. The molecule has 0 saturated heterocycles. The SMILES string of the molecule is CC(Cc1ccccc1)(NC(=O)NCCC(=O)O)C1CC1. The molecule has 1 aromatic rings. The maximum absolute atomic E-state index is 11.9. The van der Waals surface area contributed by atoms with Crippen LogP contribution in [-0.4, -0.2) is 29.2 Å². The maximum Gasteiger partial charge on any atom is 0.315 e. The second-order valence-electron chi connectivity index (χ2n) is 5.88. The summed E-state index contributed by atoms with van der Waals surface area (Å²) in [6, 6.07) is 9.80. The average Bonchev–Trinajstić information content (AvgIpc) is 3.23. The Kier molecular flexibility index (Phi) is 4.83. The van der Waals surface area contributed by atoms with Gasteiger partial charge in [0.25, 0.3) is 0 Å². The molecule has 1 aromatic carbocycles. The fourth-order valence-electron chi connectivity index (χ4n) is 2.62. The first-order chi connectivity index (χ1) is 9.99. The zero-order valence-corrected chi connectivity index (χ0v) is 12.3. The van der Waals surface area contributed by atoms with Crippen LogP contribution in [-0.2, 0) is 11.2 Å². The van der Waals surface area contributed by atoms with E-state index in [2.05, 4.69) is 29.7 Å². The van der Waals surface area contributed by atoms with Gasteiger partial charge in [0, 0.05) is 12.1 Å². The summed E-state index contributed by atoms with van der Waals surface area (Å²) in [5.41, 5.74) is 0.909. The van der Waals surface area contributed by atoms with Crippen LogP contribution < -0.4 is 10.6 Å². The smallest absolute Gasteiger partial charge is 0.315 e. The topological polar surface area (TPSA) is 78.4 Å². The minimum absolute atomic E-state index is 0.0632. The quantitative estimate of drug-likeness (QED) is 0.720. The molecule has 0 heterocycles. The number of amides is 2. The lowest BCUT2D eigenvalue weighted by atomic mass is 9.88. The van der Waals surface area contributed by atoms with Gasteiger partial charge in [-0.15, -0.1) is 0 Å². The molecule has 0 bridgehead atoms. The number of urea groups is 1. The van der Waals surface area contributed by atoms with Crippen LogP contribution >= 0.6 is 0 Å². The molecule has 1 unspecified atom stereocenters. The molecule has 0 radical (unpaired) electrons. The largest absolute Gasteiger partial charge is 0.481 e. The predicted molar refractivity (Wildman–Crippen MR) is 80.1 cm³/mol. The third kappa shape index (κ3) is 4.77. The van der Waals surface area contributed by atoms with E-state index in [9.17, 15) is 9.59 Å². The number of hydrogen-bond acceptors (Lipinski definition) is 2. The molecule has 1 saturated carbocycles. The van der Waals surface area contributed by atoms with Crippen molar-refractivity contribution >= 4 is 12.0 Å². The van der Waals surface area contributed by atoms with Gasteiger partial charge in [-0.3, -0.25) is 4.79 Å². The standard InChI is InChI=1S/C16H22N2O3/c1-16(13-7-8-13,11-12-5-3-2-4-6-12)18-15(21)17-10-9-14(19)20/h2-6,13H,7-11H2,1H3,(H,19,20)(H2,17,18,21). The van der Waals surface area contributed by atoms with Crippen molar-refractivity contribution in [2.45, 2.75) is 38.1 Å². The highest BCUT2D eigenvalue weighted by Gasteiger charge is 2.42. The normalized spacial score (nSPS) is 16.8. The van der Waals surface area contributed by atoms with Crippen LogP contribution in [0, 0.1) is 5.92 Å². The molecule has 21 heavy (non-hydrogen) atoms. The highest BCUT2D eigenvalue weighted by atomic mass is 16.4. The van der Waals surface area contributed by atoms with Crippen molar-refractivity contribution in [3.8, 4) is 0 Å². The molecule has 0 spiro atoms. The number of carbonyl (C=O) groups is 2. The van der Waals surface area contributed by atoms with Crippen LogP contribution in [0.3, 0.4) is 0 Å². The molecular formula is C16H22N2O3. The van der Waals surface area contributed by atoms with Gasteiger partial charge in [-0.1, -0.05) is 30.3 Å². The number of rotatable bonds is 7. The number of aliphatic carboxylic acids is 1. The van der Waals surface area contributed by atoms with Crippen molar-refractivity contribution in [3.63, 3.8) is 0 Å². The van der Waals surface area contributed by atoms with Gasteiger partial charge in [0.2, 0.25) is 0 Å². The fourth-order valence-corrected chi connectivity index (χ4v) is 2.62. The molecule has 5 heteroatoms. The van der Waals surface area contributed by atoms with Crippen LogP contribution in [0.1, 0.15) is 31.7 Å². The number of carboxylic acids is 1. The van der Waals surface area contributed by atoms with Crippen LogP contribution in [0.2, 0.25) is 0 Å². The Morgan fingerprint density at radius 2 is 1.95 bits per heavy atom. The summed E-state index contributed by atoms with van der Waals surface area (Å²) in [6.45, 7) is 2.21. The summed E-state index contributed by atoms with van der Waals surface area (Å²) in [5, 5.41) is 14.2. The minimum atomic E-state index is -0.912. The number of carboxylic acid groups (broad SMARTS) is 1. The van der Waals surface area contributed by atoms with E-state index >= 15 is 0 Å². The minimum Gasteiger partial charge on any atom is -0.481 e. The summed E-state index contributed by atoms with van der Waals surface area (Å²) < 4.78 is 0. The summed E-state index contributed by atoms with van der Waals surface area (Å²) in [5.74, 6) is -0.424. The van der Waals surface area contributed by atoms with Crippen molar-refractivity contribution in [1.82, 2.24) is 10.6 Å². The number of carbonyl (C=O) groups excluding carboxylic acids is 1. The molecule has 114 valence electrons. The molecule has 5 nitrogen and oxygen atoms in total. The highest BCUT2D eigenvalue weighted by Crippen LogP contribution is 2.41. The lowest BCUT2D eigenvalue weighted by Crippen LogP contribution is -2.53. The van der Waals surface area contributed by atoms with E-state index in [0.717, 1.165) is 19.3 Å². The van der Waals surface area contributed by atoms with Crippen LogP contribution in [0.4, 0.5) is 4.79 Å². The number of benzene rings is 1. The Morgan fingerprint density at radius 3 is 2.52 bits per heavy atom. The maximum atomic E-state index is 11.9. The number of nitrogens with one attached hydrogen (secondary N) is 2. The van der Waals surface area contributed by atoms with E-state index in [1.165, 1.54) is 5.56 Å². The van der Waals surface area contributed by atoms with Crippen molar-refractivity contribution in [3.05, 3.63) is 35.9 Å². The average molecular weight is 290 g/mol. The van der Waals surface area contributed by atoms with Gasteiger partial charge in [-0.2, -0.15) is 0 Å². The summed E-state index contributed by atoms with van der Waals surface area (Å²) in [4.78, 5) is 22.4. The van der Waals surface area contributed by atoms with Crippen molar-refractivity contribution in [2.24, 2.45) is 5.92 Å². The zero-order valence-electron chi connectivity index (χ0n) is 12.3. The Bertz CT molecular complexity index is 500. The van der Waals surface area contributed by atoms with Crippen molar-refractivity contribution < 1.29 is 14.7 Å². The predicted octanol–water partition coefficient (Wildman–Crippen LogP) is 2.17. The van der Waals surface area contributed by atoms with Gasteiger partial charge in [0.05, 0.1) is 6.42 Å². The van der Waals surface area contributed by atoms with Gasteiger partial charge in [0.15, 0.2) is 0 Å². The van der Waals surface area contributed by atoms with Crippen LogP contribution in [0.25, 0.3) is 0 Å². The second kappa shape index (κ2) is 6.61. The Balaban J connectivity index is 1.92. The van der Waals surface area contributed by atoms with Crippen molar-refractivity contribution in [1.29, 1.82) is 0 Å². The molecule has 1 fully saturated rings. The van der Waals surface area contributed by atoms with E-state index in [0.29, 0.717) is 5.92 Å². The fraction of sp³-hybridized carbons (Fsp3) is 0.500. The van der Waals surface area contributed by atoms with Crippen molar-refractivity contribution in [2.75, 3.05) is 6.54 Å². The van der Waals surface area contributed by atoms with E-state index in [4.69, 9.17) is 5.11 Å². The first-order valence-electron chi connectivity index (χ1n) is 7.31. The first-order valence-corrected chi connectivity index (χ1v) is 7.31. The van der Waals surface area contributed by atoms with Crippen LogP contribution in [0.15, 0.2) is 30.3 Å². The van der Waals surface area contributed by atoms with Gasteiger partial charge < -0.3 is 15.7 Å². The van der Waals surface area contributed by atoms with Gasteiger partial charge >= 0.3 is 12.0 Å². The third-order valence-corrected chi connectivity index (χ3v) is 3.92. The van der Waals surface area contributed by atoms with Gasteiger partial charge in [-0.05, 0) is 37.7 Å². The zero-order chi connectivity index (χ0) is 15.3.